The number of fused-ring (bicyclic) bond motifs is 4. The maximum absolute atomic E-state index is 12.0. The second-order valence-electron chi connectivity index (χ2n) is 6.92. The first kappa shape index (κ1) is 17.2. The van der Waals surface area contributed by atoms with E-state index in [1.165, 1.54) is 24.1 Å². The molecule has 24 heavy (non-hydrogen) atoms. The summed E-state index contributed by atoms with van der Waals surface area (Å²) in [4.78, 5) is 18.8. The zero-order valence-electron chi connectivity index (χ0n) is 13.8. The van der Waals surface area contributed by atoms with Crippen LogP contribution in [-0.4, -0.2) is 34.1 Å². The molecule has 4 nitrogen and oxygen atoms in total. The van der Waals surface area contributed by atoms with E-state index in [2.05, 4.69) is 22.0 Å². The van der Waals surface area contributed by atoms with Gasteiger partial charge < -0.3 is 9.47 Å². The molecule has 2 bridgehead atoms. The van der Waals surface area contributed by atoms with Crippen LogP contribution in [0, 0.1) is 5.92 Å². The van der Waals surface area contributed by atoms with Crippen molar-refractivity contribution < 1.29 is 0 Å². The van der Waals surface area contributed by atoms with Gasteiger partial charge in [0.25, 0.3) is 5.56 Å². The van der Waals surface area contributed by atoms with Crippen LogP contribution in [0.25, 0.3) is 0 Å². The van der Waals surface area contributed by atoms with Crippen molar-refractivity contribution in [2.24, 2.45) is 5.92 Å². The van der Waals surface area contributed by atoms with Crippen molar-refractivity contribution in [3.8, 4) is 0 Å². The first-order valence-electron chi connectivity index (χ1n) is 8.60. The largest absolute Gasteiger partial charge is 0.312 e. The van der Waals surface area contributed by atoms with Crippen molar-refractivity contribution in [3.63, 3.8) is 0 Å². The van der Waals surface area contributed by atoms with Gasteiger partial charge in [0.2, 0.25) is 0 Å². The number of piperidine rings is 1. The highest BCUT2D eigenvalue weighted by Crippen LogP contribution is 2.34. The number of halogens is 1. The normalized spacial score (nSPS) is 22.5. The van der Waals surface area contributed by atoms with Gasteiger partial charge in [-0.1, -0.05) is 12.1 Å². The molecular weight excluding hydrogens is 322 g/mol. The second-order valence-corrected chi connectivity index (χ2v) is 6.92. The third-order valence-electron chi connectivity index (χ3n) is 5.22. The molecule has 4 heterocycles. The molecule has 0 radical (unpaired) electrons. The molecule has 2 aliphatic heterocycles. The summed E-state index contributed by atoms with van der Waals surface area (Å²) in [6.45, 7) is 4.25. The Morgan fingerprint density at radius 1 is 1.12 bits per heavy atom. The summed E-state index contributed by atoms with van der Waals surface area (Å²) in [5.41, 5.74) is 2.73. The molecule has 0 saturated carbocycles. The van der Waals surface area contributed by atoms with Gasteiger partial charge in [-0.2, -0.15) is 0 Å². The SMILES string of the molecule is Cl.O=c1cccc2n1C[C@H]1C[C@@H]2CN(CCCc2cccnc2)C1. The summed E-state index contributed by atoms with van der Waals surface area (Å²) in [7, 11) is 0. The van der Waals surface area contributed by atoms with Crippen molar-refractivity contribution in [1.82, 2.24) is 14.5 Å². The van der Waals surface area contributed by atoms with Crippen LogP contribution in [-0.2, 0) is 13.0 Å². The lowest BCUT2D eigenvalue weighted by Gasteiger charge is -2.42. The molecule has 0 aliphatic carbocycles. The molecule has 128 valence electrons. The molecule has 0 amide bonds. The summed E-state index contributed by atoms with van der Waals surface area (Å²) in [5.74, 6) is 1.15. The molecule has 2 aliphatic rings. The molecule has 0 aromatic carbocycles. The molecule has 0 spiro atoms. The predicted molar refractivity (Wildman–Crippen MR) is 97.8 cm³/mol. The highest BCUT2D eigenvalue weighted by Gasteiger charge is 2.33. The Bertz CT molecular complexity index is 731. The Kier molecular flexibility index (Phi) is 5.36. The molecule has 1 fully saturated rings. The Labute approximate surface area is 148 Å². The summed E-state index contributed by atoms with van der Waals surface area (Å²) >= 11 is 0. The Balaban J connectivity index is 0.00000169. The summed E-state index contributed by atoms with van der Waals surface area (Å²) in [5, 5.41) is 0. The van der Waals surface area contributed by atoms with Gasteiger partial charge in [-0.05, 0) is 49.4 Å². The minimum atomic E-state index is 0. The third kappa shape index (κ3) is 3.55. The lowest BCUT2D eigenvalue weighted by Crippen LogP contribution is -2.47. The van der Waals surface area contributed by atoms with E-state index in [1.54, 1.807) is 6.07 Å². The van der Waals surface area contributed by atoms with Crippen LogP contribution in [0.15, 0.2) is 47.5 Å². The van der Waals surface area contributed by atoms with Gasteiger partial charge in [-0.25, -0.2) is 0 Å². The Hall–Kier alpha value is -1.65. The fourth-order valence-electron chi connectivity index (χ4n) is 4.23. The van der Waals surface area contributed by atoms with E-state index < -0.39 is 0 Å². The lowest BCUT2D eigenvalue weighted by molar-refractivity contribution is 0.119. The summed E-state index contributed by atoms with van der Waals surface area (Å²) in [6.07, 6.45) is 7.30. The molecular formula is C19H24ClN3O. The molecule has 1 saturated heterocycles. The number of aromatic nitrogens is 2. The highest BCUT2D eigenvalue weighted by atomic mass is 35.5. The molecule has 2 aromatic heterocycles. The number of hydrogen-bond donors (Lipinski definition) is 0. The van der Waals surface area contributed by atoms with Gasteiger partial charge in [0.15, 0.2) is 0 Å². The van der Waals surface area contributed by atoms with Crippen molar-refractivity contribution >= 4 is 12.4 Å². The molecule has 4 rings (SSSR count). The van der Waals surface area contributed by atoms with Gasteiger partial charge in [0.05, 0.1) is 0 Å². The Morgan fingerprint density at radius 3 is 2.88 bits per heavy atom. The average Bonchev–Trinajstić information content (AvgIpc) is 2.57. The van der Waals surface area contributed by atoms with Gasteiger partial charge >= 0.3 is 0 Å². The van der Waals surface area contributed by atoms with Gasteiger partial charge in [-0.3, -0.25) is 9.78 Å². The van der Waals surface area contributed by atoms with Crippen molar-refractivity contribution in [1.29, 1.82) is 0 Å². The fourth-order valence-corrected chi connectivity index (χ4v) is 4.23. The number of rotatable bonds is 4. The van der Waals surface area contributed by atoms with Crippen LogP contribution in [0.5, 0.6) is 0 Å². The van der Waals surface area contributed by atoms with Crippen molar-refractivity contribution in [3.05, 3.63) is 64.3 Å². The van der Waals surface area contributed by atoms with E-state index in [-0.39, 0.29) is 18.0 Å². The zero-order chi connectivity index (χ0) is 15.6. The van der Waals surface area contributed by atoms with Crippen molar-refractivity contribution in [2.75, 3.05) is 19.6 Å². The highest BCUT2D eigenvalue weighted by molar-refractivity contribution is 5.85. The number of hydrogen-bond acceptors (Lipinski definition) is 3. The van der Waals surface area contributed by atoms with Crippen LogP contribution in [0.4, 0.5) is 0 Å². The predicted octanol–water partition coefficient (Wildman–Crippen LogP) is 2.72. The van der Waals surface area contributed by atoms with E-state index >= 15 is 0 Å². The van der Waals surface area contributed by atoms with Crippen LogP contribution < -0.4 is 5.56 Å². The molecule has 0 unspecified atom stereocenters. The van der Waals surface area contributed by atoms with E-state index in [4.69, 9.17) is 0 Å². The summed E-state index contributed by atoms with van der Waals surface area (Å²) in [6, 6.07) is 9.91. The zero-order valence-corrected chi connectivity index (χ0v) is 14.6. The third-order valence-corrected chi connectivity index (χ3v) is 5.22. The van der Waals surface area contributed by atoms with E-state index in [0.29, 0.717) is 11.8 Å². The maximum Gasteiger partial charge on any atom is 0.250 e. The van der Waals surface area contributed by atoms with E-state index in [1.807, 2.05) is 29.1 Å². The second kappa shape index (κ2) is 7.49. The average molecular weight is 346 g/mol. The minimum absolute atomic E-state index is 0. The molecule has 5 heteroatoms. The van der Waals surface area contributed by atoms with Gasteiger partial charge in [0.1, 0.15) is 0 Å². The number of aryl methyl sites for hydroxylation is 1. The molecule has 0 N–H and O–H groups in total. The number of nitrogens with zero attached hydrogens (tertiary/aromatic N) is 3. The quantitative estimate of drug-likeness (QED) is 0.855. The van der Waals surface area contributed by atoms with E-state index in [0.717, 1.165) is 32.6 Å². The first-order chi connectivity index (χ1) is 11.3. The topological polar surface area (TPSA) is 38.1 Å². The van der Waals surface area contributed by atoms with Crippen LogP contribution in [0.3, 0.4) is 0 Å². The summed E-state index contributed by atoms with van der Waals surface area (Å²) < 4.78 is 2.01. The lowest BCUT2D eigenvalue weighted by atomic mass is 9.83. The van der Waals surface area contributed by atoms with Gasteiger partial charge in [0, 0.05) is 49.7 Å². The van der Waals surface area contributed by atoms with Crippen molar-refractivity contribution in [2.45, 2.75) is 31.7 Å². The fraction of sp³-hybridized carbons (Fsp3) is 0.474. The standard InChI is InChI=1S/C19H23N3O.ClH/c23-19-7-1-6-18-17-10-16(13-22(18)19)12-21(14-17)9-3-5-15-4-2-8-20-11-15;/h1-2,4,6-8,11,16-17H,3,5,9-10,12-14H2;1H/t16-,17+;/m0./s1. The van der Waals surface area contributed by atoms with Gasteiger partial charge in [-0.15, -0.1) is 12.4 Å². The van der Waals surface area contributed by atoms with Crippen LogP contribution in [0.2, 0.25) is 0 Å². The molecule has 2 aromatic rings. The van der Waals surface area contributed by atoms with E-state index in [9.17, 15) is 4.79 Å². The maximum atomic E-state index is 12.0. The number of pyridine rings is 2. The monoisotopic (exact) mass is 345 g/mol. The van der Waals surface area contributed by atoms with Crippen LogP contribution >= 0.6 is 12.4 Å². The smallest absolute Gasteiger partial charge is 0.250 e. The molecule has 2 atom stereocenters. The number of likely N-dealkylation sites (tertiary alicyclic amines) is 1. The minimum Gasteiger partial charge on any atom is -0.312 e. The van der Waals surface area contributed by atoms with Crippen LogP contribution in [0.1, 0.15) is 30.0 Å². The Morgan fingerprint density at radius 2 is 2.04 bits per heavy atom. The first-order valence-corrected chi connectivity index (χ1v) is 8.60.